The second-order valence-corrected chi connectivity index (χ2v) is 8.04. The molecule has 200 valence electrons. The van der Waals surface area contributed by atoms with Crippen LogP contribution in [0.3, 0.4) is 0 Å². The van der Waals surface area contributed by atoms with E-state index in [-0.39, 0.29) is 58.7 Å². The van der Waals surface area contributed by atoms with Crippen molar-refractivity contribution in [2.24, 2.45) is 17.8 Å². The van der Waals surface area contributed by atoms with Gasteiger partial charge in [0.15, 0.2) is 0 Å². The molecule has 1 heterocycles. The van der Waals surface area contributed by atoms with E-state index in [1.54, 1.807) is 27.7 Å². The summed E-state index contributed by atoms with van der Waals surface area (Å²) < 4.78 is 31.8. The summed E-state index contributed by atoms with van der Waals surface area (Å²) in [6.07, 6.45) is -2.31. The Morgan fingerprint density at radius 1 is 0.543 bits per heavy atom. The predicted octanol–water partition coefficient (Wildman–Crippen LogP) is 1.98. The molecule has 35 heavy (non-hydrogen) atoms. The molecule has 1 rings (SSSR count). The summed E-state index contributed by atoms with van der Waals surface area (Å²) in [4.78, 5) is 61.4. The fraction of sp³-hybridized carbons (Fsp3) is 0.792. The van der Waals surface area contributed by atoms with E-state index in [4.69, 9.17) is 28.4 Å². The number of ether oxygens (including phenoxy) is 6. The molecule has 11 nitrogen and oxygen atoms in total. The minimum atomic E-state index is -0.850. The number of hydrogen-bond acceptors (Lipinski definition) is 11. The molecule has 0 radical (unpaired) electrons. The Morgan fingerprint density at radius 2 is 0.914 bits per heavy atom. The maximum absolute atomic E-state index is 12.6. The van der Waals surface area contributed by atoms with Crippen LogP contribution in [0.2, 0.25) is 0 Å². The van der Waals surface area contributed by atoms with Gasteiger partial charge in [0.25, 0.3) is 0 Å². The molecule has 0 N–H and O–H groups in total. The van der Waals surface area contributed by atoms with Gasteiger partial charge in [-0.1, -0.05) is 0 Å². The fourth-order valence-electron chi connectivity index (χ4n) is 4.35. The summed E-state index contributed by atoms with van der Waals surface area (Å²) >= 11 is 0. The van der Waals surface area contributed by atoms with Gasteiger partial charge in [0.1, 0.15) is 6.61 Å². The lowest BCUT2D eigenvalue weighted by atomic mass is 9.69. The molecule has 0 aromatic carbocycles. The number of hydrogen-bond donors (Lipinski definition) is 0. The van der Waals surface area contributed by atoms with Gasteiger partial charge in [-0.2, -0.15) is 0 Å². The summed E-state index contributed by atoms with van der Waals surface area (Å²) in [6, 6.07) is 0. The maximum Gasteiger partial charge on any atom is 0.308 e. The van der Waals surface area contributed by atoms with Crippen LogP contribution in [0.25, 0.3) is 0 Å². The van der Waals surface area contributed by atoms with Crippen LogP contribution in [-0.4, -0.2) is 75.1 Å². The van der Waals surface area contributed by atoms with Crippen LogP contribution in [0.4, 0.5) is 0 Å². The minimum Gasteiger partial charge on any atom is -0.466 e. The first kappa shape index (κ1) is 30.3. The normalized spacial score (nSPS) is 23.6. The Kier molecular flexibility index (Phi) is 13.9. The molecular weight excluding hydrogens is 464 g/mol. The smallest absolute Gasteiger partial charge is 0.308 e. The van der Waals surface area contributed by atoms with Crippen molar-refractivity contribution in [1.29, 1.82) is 0 Å². The van der Waals surface area contributed by atoms with Gasteiger partial charge in [-0.3, -0.25) is 24.0 Å². The monoisotopic (exact) mass is 502 g/mol. The zero-order chi connectivity index (χ0) is 26.4. The lowest BCUT2D eigenvalue weighted by molar-refractivity contribution is -0.194. The summed E-state index contributed by atoms with van der Waals surface area (Å²) in [7, 11) is 0. The topological polar surface area (TPSA) is 141 Å². The molecule has 0 aromatic rings. The van der Waals surface area contributed by atoms with Crippen molar-refractivity contribution < 1.29 is 52.4 Å². The van der Waals surface area contributed by atoms with Gasteiger partial charge >= 0.3 is 29.8 Å². The molecule has 0 aromatic heterocycles. The van der Waals surface area contributed by atoms with Crippen LogP contribution < -0.4 is 0 Å². The molecule has 1 saturated heterocycles. The minimum absolute atomic E-state index is 0.138. The van der Waals surface area contributed by atoms with E-state index in [1.807, 2.05) is 0 Å². The van der Waals surface area contributed by atoms with E-state index in [0.717, 1.165) is 0 Å². The molecule has 0 aliphatic carbocycles. The number of carbonyl (C=O) groups excluding carboxylic acids is 5. The van der Waals surface area contributed by atoms with Crippen molar-refractivity contribution in [3.05, 3.63) is 0 Å². The van der Waals surface area contributed by atoms with Crippen molar-refractivity contribution >= 4 is 29.8 Å². The Morgan fingerprint density at radius 3 is 1.31 bits per heavy atom. The van der Waals surface area contributed by atoms with Gasteiger partial charge in [-0.05, 0) is 39.5 Å². The summed E-state index contributed by atoms with van der Waals surface area (Å²) in [5.41, 5.74) is 0. The molecule has 0 saturated carbocycles. The van der Waals surface area contributed by atoms with Crippen LogP contribution >= 0.6 is 0 Å². The zero-order valence-corrected chi connectivity index (χ0v) is 21.2. The van der Waals surface area contributed by atoms with Crippen LogP contribution in [-0.2, 0) is 52.4 Å². The molecule has 1 unspecified atom stereocenters. The van der Waals surface area contributed by atoms with Crippen LogP contribution in [0.5, 0.6) is 0 Å². The first-order chi connectivity index (χ1) is 16.7. The number of rotatable bonds is 14. The molecule has 1 aliphatic rings. The maximum atomic E-state index is 12.6. The summed E-state index contributed by atoms with van der Waals surface area (Å²) in [5.74, 6) is -4.64. The quantitative estimate of drug-likeness (QED) is 0.254. The van der Waals surface area contributed by atoms with E-state index in [1.165, 1.54) is 6.92 Å². The Hall–Kier alpha value is -2.69. The first-order valence-electron chi connectivity index (χ1n) is 12.1. The zero-order valence-electron chi connectivity index (χ0n) is 21.2. The highest BCUT2D eigenvalue weighted by Crippen LogP contribution is 2.43. The number of carbonyl (C=O) groups is 5. The van der Waals surface area contributed by atoms with Crippen LogP contribution in [0, 0.1) is 17.8 Å². The largest absolute Gasteiger partial charge is 0.466 e. The van der Waals surface area contributed by atoms with E-state index >= 15 is 0 Å². The van der Waals surface area contributed by atoms with E-state index in [0.29, 0.717) is 0 Å². The lowest BCUT2D eigenvalue weighted by Gasteiger charge is -2.46. The standard InChI is InChI=1S/C24H38O11/c1-6-30-21(26)10-16-17(11-22(27)31-7-2)19(13-24(29)33-9-4)35-20(14-34-15(5)25)18(16)12-23(28)32-8-3/h16-20H,6-14H2,1-5H3/t16-,17+,18-,19?,20-/m1/s1. The second kappa shape index (κ2) is 16.1. The highest BCUT2D eigenvalue weighted by molar-refractivity contribution is 5.74. The first-order valence-corrected chi connectivity index (χ1v) is 12.1. The summed E-state index contributed by atoms with van der Waals surface area (Å²) in [5, 5.41) is 0. The van der Waals surface area contributed by atoms with Gasteiger partial charge in [0.05, 0.1) is 57.9 Å². The molecule has 1 aliphatic heterocycles. The fourth-order valence-corrected chi connectivity index (χ4v) is 4.35. The average Bonchev–Trinajstić information content (AvgIpc) is 2.77. The highest BCUT2D eigenvalue weighted by Gasteiger charge is 2.49. The van der Waals surface area contributed by atoms with E-state index in [9.17, 15) is 24.0 Å². The third-order valence-corrected chi connectivity index (χ3v) is 5.65. The average molecular weight is 503 g/mol. The lowest BCUT2D eigenvalue weighted by Crippen LogP contribution is -2.52. The second-order valence-electron chi connectivity index (χ2n) is 8.04. The van der Waals surface area contributed by atoms with Gasteiger partial charge in [-0.25, -0.2) is 0 Å². The van der Waals surface area contributed by atoms with E-state index in [2.05, 4.69) is 0 Å². The van der Waals surface area contributed by atoms with Crippen molar-refractivity contribution in [2.75, 3.05) is 33.0 Å². The molecule has 11 heteroatoms. The molecule has 0 bridgehead atoms. The van der Waals surface area contributed by atoms with Gasteiger partial charge in [0.2, 0.25) is 0 Å². The van der Waals surface area contributed by atoms with Crippen LogP contribution in [0.15, 0.2) is 0 Å². The SMILES string of the molecule is CCOC(=O)CC1O[C@H](COC(C)=O)[C@H](CC(=O)OCC)[C@H](CC(=O)OCC)[C@@H]1CC(=O)OCC. The summed E-state index contributed by atoms with van der Waals surface area (Å²) in [6.45, 7) is 8.31. The molecule has 1 fully saturated rings. The Labute approximate surface area is 206 Å². The predicted molar refractivity (Wildman–Crippen MR) is 121 cm³/mol. The molecular formula is C24H38O11. The third-order valence-electron chi connectivity index (χ3n) is 5.65. The van der Waals surface area contributed by atoms with Gasteiger partial charge in [-0.15, -0.1) is 0 Å². The van der Waals surface area contributed by atoms with Crippen molar-refractivity contribution in [2.45, 2.75) is 72.5 Å². The van der Waals surface area contributed by atoms with Gasteiger partial charge < -0.3 is 28.4 Å². The van der Waals surface area contributed by atoms with E-state index < -0.39 is 59.8 Å². The third kappa shape index (κ3) is 10.6. The molecule has 0 spiro atoms. The highest BCUT2D eigenvalue weighted by atomic mass is 16.6. The molecule has 5 atom stereocenters. The van der Waals surface area contributed by atoms with Gasteiger partial charge in [0, 0.05) is 19.3 Å². The molecule has 0 amide bonds. The number of esters is 5. The Balaban J connectivity index is 3.44. The van der Waals surface area contributed by atoms with Crippen LogP contribution in [0.1, 0.15) is 60.3 Å². The Bertz CT molecular complexity index is 720. The van der Waals surface area contributed by atoms with Crippen molar-refractivity contribution in [1.82, 2.24) is 0 Å². The van der Waals surface area contributed by atoms with Crippen molar-refractivity contribution in [3.63, 3.8) is 0 Å². The van der Waals surface area contributed by atoms with Crippen molar-refractivity contribution in [3.8, 4) is 0 Å².